The Balaban J connectivity index is 2.76. The van der Waals surface area contributed by atoms with Gasteiger partial charge in [0.25, 0.3) is 0 Å². The monoisotopic (exact) mass is 267 g/mol. The van der Waals surface area contributed by atoms with Crippen LogP contribution in [0.2, 0.25) is 0 Å². The summed E-state index contributed by atoms with van der Waals surface area (Å²) >= 11 is 0. The zero-order valence-corrected chi connectivity index (χ0v) is 11.6. The van der Waals surface area contributed by atoms with E-state index in [2.05, 4.69) is 34.4 Å². The summed E-state index contributed by atoms with van der Waals surface area (Å²) in [5.41, 5.74) is -0.0890. The highest BCUT2D eigenvalue weighted by atomic mass is 16.6. The van der Waals surface area contributed by atoms with E-state index >= 15 is 0 Å². The molecule has 0 bridgehead atoms. The van der Waals surface area contributed by atoms with Crippen molar-refractivity contribution in [2.24, 2.45) is 5.92 Å². The van der Waals surface area contributed by atoms with E-state index in [1.165, 1.54) is 6.33 Å². The Morgan fingerprint density at radius 1 is 1.32 bits per heavy atom. The van der Waals surface area contributed by atoms with Gasteiger partial charge in [-0.15, -0.1) is 0 Å². The molecule has 2 N–H and O–H groups in total. The van der Waals surface area contributed by atoms with Gasteiger partial charge in [0.1, 0.15) is 6.33 Å². The summed E-state index contributed by atoms with van der Waals surface area (Å²) in [5.74, 6) is 1.16. The van der Waals surface area contributed by atoms with Crippen LogP contribution in [0.25, 0.3) is 0 Å². The number of nitrogens with one attached hydrogen (secondary N) is 2. The molecule has 7 nitrogen and oxygen atoms in total. The molecular formula is C12H21N5O2. The highest BCUT2D eigenvalue weighted by molar-refractivity contribution is 5.69. The highest BCUT2D eigenvalue weighted by Gasteiger charge is 2.21. The van der Waals surface area contributed by atoms with Gasteiger partial charge < -0.3 is 10.6 Å². The molecule has 0 aliphatic rings. The van der Waals surface area contributed by atoms with Gasteiger partial charge in [0.05, 0.1) is 4.92 Å². The molecular weight excluding hydrogens is 246 g/mol. The molecule has 0 radical (unpaired) electrons. The number of aromatic nitrogens is 2. The molecule has 1 aromatic heterocycles. The van der Waals surface area contributed by atoms with Gasteiger partial charge in [0, 0.05) is 13.1 Å². The third kappa shape index (κ3) is 4.69. The molecule has 0 saturated carbocycles. The molecule has 106 valence electrons. The molecule has 0 fully saturated rings. The van der Waals surface area contributed by atoms with E-state index in [9.17, 15) is 10.1 Å². The van der Waals surface area contributed by atoms with Crippen LogP contribution < -0.4 is 10.6 Å². The second-order valence-electron chi connectivity index (χ2n) is 4.67. The van der Waals surface area contributed by atoms with Crippen LogP contribution in [0, 0.1) is 16.0 Å². The third-order valence-electron chi connectivity index (χ3n) is 2.60. The van der Waals surface area contributed by atoms with Gasteiger partial charge in [-0.2, -0.15) is 0 Å². The molecule has 1 aromatic rings. The van der Waals surface area contributed by atoms with Gasteiger partial charge in [-0.1, -0.05) is 13.8 Å². The van der Waals surface area contributed by atoms with Gasteiger partial charge in [-0.25, -0.2) is 9.97 Å². The topological polar surface area (TPSA) is 93.0 Å². The molecule has 19 heavy (non-hydrogen) atoms. The molecule has 1 heterocycles. The zero-order valence-electron chi connectivity index (χ0n) is 11.6. The third-order valence-corrected chi connectivity index (χ3v) is 2.60. The van der Waals surface area contributed by atoms with Crippen molar-refractivity contribution in [1.29, 1.82) is 0 Å². The van der Waals surface area contributed by atoms with Crippen LogP contribution in [0.5, 0.6) is 0 Å². The van der Waals surface area contributed by atoms with Crippen LogP contribution in [0.3, 0.4) is 0 Å². The lowest BCUT2D eigenvalue weighted by Crippen LogP contribution is -2.10. The Labute approximate surface area is 113 Å². The van der Waals surface area contributed by atoms with Crippen LogP contribution in [-0.2, 0) is 0 Å². The summed E-state index contributed by atoms with van der Waals surface area (Å²) in [7, 11) is 0. The van der Waals surface area contributed by atoms with Gasteiger partial charge >= 0.3 is 5.69 Å². The van der Waals surface area contributed by atoms with E-state index in [4.69, 9.17) is 0 Å². The SMILES string of the molecule is CCNc1ncnc(NCCCC(C)C)c1[N+](=O)[O-]. The maximum Gasteiger partial charge on any atom is 0.353 e. The lowest BCUT2D eigenvalue weighted by molar-refractivity contribution is -0.383. The molecule has 0 atom stereocenters. The van der Waals surface area contributed by atoms with Crippen molar-refractivity contribution in [3.8, 4) is 0 Å². The van der Waals surface area contributed by atoms with Crippen LogP contribution in [0.15, 0.2) is 6.33 Å². The maximum atomic E-state index is 11.1. The Kier molecular flexibility index (Phi) is 5.98. The van der Waals surface area contributed by atoms with Crippen molar-refractivity contribution in [1.82, 2.24) is 9.97 Å². The fourth-order valence-electron chi connectivity index (χ4n) is 1.69. The first kappa shape index (κ1) is 15.1. The number of hydrogen-bond acceptors (Lipinski definition) is 6. The molecule has 0 aliphatic carbocycles. The van der Waals surface area contributed by atoms with Crippen molar-refractivity contribution in [2.45, 2.75) is 33.6 Å². The Morgan fingerprint density at radius 3 is 2.47 bits per heavy atom. The fraction of sp³-hybridized carbons (Fsp3) is 0.667. The summed E-state index contributed by atoms with van der Waals surface area (Å²) < 4.78 is 0. The first-order valence-electron chi connectivity index (χ1n) is 6.53. The largest absolute Gasteiger partial charge is 0.364 e. The van der Waals surface area contributed by atoms with Crippen molar-refractivity contribution in [2.75, 3.05) is 23.7 Å². The summed E-state index contributed by atoms with van der Waals surface area (Å²) in [6, 6.07) is 0. The number of nitro groups is 1. The molecule has 0 saturated heterocycles. The normalized spacial score (nSPS) is 10.5. The van der Waals surface area contributed by atoms with Crippen molar-refractivity contribution >= 4 is 17.3 Å². The van der Waals surface area contributed by atoms with E-state index in [-0.39, 0.29) is 17.3 Å². The smallest absolute Gasteiger partial charge is 0.353 e. The van der Waals surface area contributed by atoms with Crippen LogP contribution in [-0.4, -0.2) is 28.0 Å². The Bertz CT molecular complexity index is 423. The predicted octanol–water partition coefficient (Wildman–Crippen LogP) is 2.66. The van der Waals surface area contributed by atoms with Crippen LogP contribution in [0.4, 0.5) is 17.3 Å². The van der Waals surface area contributed by atoms with Gasteiger partial charge in [-0.05, 0) is 25.7 Å². The lowest BCUT2D eigenvalue weighted by Gasteiger charge is -2.09. The zero-order chi connectivity index (χ0) is 14.3. The van der Waals surface area contributed by atoms with Gasteiger partial charge in [0.2, 0.25) is 11.6 Å². The highest BCUT2D eigenvalue weighted by Crippen LogP contribution is 2.28. The van der Waals surface area contributed by atoms with Crippen molar-refractivity contribution in [3.05, 3.63) is 16.4 Å². The van der Waals surface area contributed by atoms with E-state index in [0.29, 0.717) is 19.0 Å². The van der Waals surface area contributed by atoms with Crippen molar-refractivity contribution in [3.63, 3.8) is 0 Å². The standard InChI is InChI=1S/C12H21N5O2/c1-4-13-11-10(17(18)19)12(16-8-15-11)14-7-5-6-9(2)3/h8-9H,4-7H2,1-3H3,(H2,13,14,15,16). The van der Waals surface area contributed by atoms with Crippen LogP contribution in [0.1, 0.15) is 33.6 Å². The molecule has 0 amide bonds. The Hall–Kier alpha value is -1.92. The van der Waals surface area contributed by atoms with E-state index in [1.54, 1.807) is 0 Å². The van der Waals surface area contributed by atoms with E-state index in [1.807, 2.05) is 6.92 Å². The lowest BCUT2D eigenvalue weighted by atomic mass is 10.1. The minimum absolute atomic E-state index is 0.0890. The minimum atomic E-state index is -0.456. The van der Waals surface area contributed by atoms with E-state index in [0.717, 1.165) is 12.8 Å². The number of nitrogens with zero attached hydrogens (tertiary/aromatic N) is 3. The first-order chi connectivity index (χ1) is 9.06. The van der Waals surface area contributed by atoms with Gasteiger partial charge in [0.15, 0.2) is 0 Å². The summed E-state index contributed by atoms with van der Waals surface area (Å²) in [5, 5.41) is 17.0. The molecule has 7 heteroatoms. The summed E-state index contributed by atoms with van der Waals surface area (Å²) in [6.45, 7) is 7.40. The fourth-order valence-corrected chi connectivity index (χ4v) is 1.69. The second-order valence-corrected chi connectivity index (χ2v) is 4.67. The van der Waals surface area contributed by atoms with Crippen molar-refractivity contribution < 1.29 is 4.92 Å². The second kappa shape index (κ2) is 7.50. The average molecular weight is 267 g/mol. The minimum Gasteiger partial charge on any atom is -0.364 e. The molecule has 0 aliphatic heterocycles. The quantitative estimate of drug-likeness (QED) is 0.427. The first-order valence-corrected chi connectivity index (χ1v) is 6.53. The number of rotatable bonds is 8. The Morgan fingerprint density at radius 2 is 1.95 bits per heavy atom. The summed E-state index contributed by atoms with van der Waals surface area (Å²) in [4.78, 5) is 18.5. The molecule has 0 spiro atoms. The number of hydrogen-bond donors (Lipinski definition) is 2. The predicted molar refractivity (Wildman–Crippen MR) is 75.4 cm³/mol. The number of anilines is 2. The summed E-state index contributed by atoms with van der Waals surface area (Å²) in [6.07, 6.45) is 3.36. The van der Waals surface area contributed by atoms with E-state index < -0.39 is 4.92 Å². The maximum absolute atomic E-state index is 11.1. The van der Waals surface area contributed by atoms with Gasteiger partial charge in [-0.3, -0.25) is 10.1 Å². The molecule has 0 aromatic carbocycles. The van der Waals surface area contributed by atoms with Crippen LogP contribution >= 0.6 is 0 Å². The average Bonchev–Trinajstić information content (AvgIpc) is 2.34. The molecule has 1 rings (SSSR count). The molecule has 0 unspecified atom stereocenters.